The standard InChI is InChI=1S/C21H18F6N2O2/c22-20(23,24)16-7-3-1-5-14(16)18(30)28-13-9-11-29(12-10-13)19(31)15-6-2-4-8-17(15)21(25,26)27/h1-8,13H,9-12H2,(H,28,30). The summed E-state index contributed by atoms with van der Waals surface area (Å²) in [7, 11) is 0. The van der Waals surface area contributed by atoms with E-state index in [-0.39, 0.29) is 25.9 Å². The molecule has 3 rings (SSSR count). The lowest BCUT2D eigenvalue weighted by Gasteiger charge is -2.33. The molecule has 0 spiro atoms. The van der Waals surface area contributed by atoms with Crippen LogP contribution in [0.4, 0.5) is 26.3 Å². The number of piperidine rings is 1. The van der Waals surface area contributed by atoms with Gasteiger partial charge >= 0.3 is 12.4 Å². The Bertz CT molecular complexity index is 963. The molecule has 0 bridgehead atoms. The maximum Gasteiger partial charge on any atom is 0.417 e. The van der Waals surface area contributed by atoms with Crippen molar-refractivity contribution in [1.82, 2.24) is 10.2 Å². The minimum atomic E-state index is -4.68. The summed E-state index contributed by atoms with van der Waals surface area (Å²) < 4.78 is 78.8. The highest BCUT2D eigenvalue weighted by Gasteiger charge is 2.37. The molecule has 4 nitrogen and oxygen atoms in total. The molecule has 0 saturated carbocycles. The van der Waals surface area contributed by atoms with Gasteiger partial charge in [-0.3, -0.25) is 9.59 Å². The Hall–Kier alpha value is -3.04. The van der Waals surface area contributed by atoms with E-state index >= 15 is 0 Å². The number of rotatable bonds is 3. The fourth-order valence-corrected chi connectivity index (χ4v) is 3.51. The van der Waals surface area contributed by atoms with Gasteiger partial charge in [-0.2, -0.15) is 26.3 Å². The van der Waals surface area contributed by atoms with E-state index in [0.717, 1.165) is 24.3 Å². The molecule has 1 aliphatic rings. The monoisotopic (exact) mass is 444 g/mol. The van der Waals surface area contributed by atoms with E-state index < -0.39 is 52.5 Å². The smallest absolute Gasteiger partial charge is 0.349 e. The van der Waals surface area contributed by atoms with Crippen LogP contribution in [0.3, 0.4) is 0 Å². The summed E-state index contributed by atoms with van der Waals surface area (Å²) in [4.78, 5) is 26.2. The fourth-order valence-electron chi connectivity index (χ4n) is 3.51. The summed E-state index contributed by atoms with van der Waals surface area (Å²) in [5, 5.41) is 2.53. The van der Waals surface area contributed by atoms with E-state index in [1.165, 1.54) is 29.2 Å². The summed E-state index contributed by atoms with van der Waals surface area (Å²) in [6.07, 6.45) is -8.94. The molecule has 0 atom stereocenters. The van der Waals surface area contributed by atoms with Gasteiger partial charge in [-0.25, -0.2) is 0 Å². The first-order valence-electron chi connectivity index (χ1n) is 9.41. The number of hydrogen-bond donors (Lipinski definition) is 1. The quantitative estimate of drug-likeness (QED) is 0.695. The normalized spacial score (nSPS) is 15.6. The van der Waals surface area contributed by atoms with Crippen LogP contribution in [0.15, 0.2) is 48.5 Å². The van der Waals surface area contributed by atoms with E-state index in [1.54, 1.807) is 0 Å². The zero-order valence-corrected chi connectivity index (χ0v) is 16.1. The second-order valence-electron chi connectivity index (χ2n) is 7.13. The summed E-state index contributed by atoms with van der Waals surface area (Å²) in [6.45, 7) is 0.133. The van der Waals surface area contributed by atoms with Crippen LogP contribution in [0.1, 0.15) is 44.7 Å². The minimum absolute atomic E-state index is 0.0664. The van der Waals surface area contributed by atoms with Gasteiger partial charge in [0.15, 0.2) is 0 Å². The van der Waals surface area contributed by atoms with E-state index in [4.69, 9.17) is 0 Å². The number of likely N-dealkylation sites (tertiary alicyclic amines) is 1. The zero-order chi connectivity index (χ0) is 22.8. The molecule has 0 aromatic heterocycles. The lowest BCUT2D eigenvalue weighted by molar-refractivity contribution is -0.138. The van der Waals surface area contributed by atoms with Gasteiger partial charge in [0.05, 0.1) is 22.3 Å². The van der Waals surface area contributed by atoms with Crippen molar-refractivity contribution >= 4 is 11.8 Å². The molecule has 2 amide bonds. The third-order valence-electron chi connectivity index (χ3n) is 5.06. The second kappa shape index (κ2) is 8.60. The Kier molecular flexibility index (Phi) is 6.28. The molecule has 2 aromatic carbocycles. The van der Waals surface area contributed by atoms with Gasteiger partial charge < -0.3 is 10.2 Å². The summed E-state index contributed by atoms with van der Waals surface area (Å²) in [5.74, 6) is -1.67. The topological polar surface area (TPSA) is 49.4 Å². The number of amides is 2. The van der Waals surface area contributed by atoms with Crippen molar-refractivity contribution in [3.05, 3.63) is 70.8 Å². The predicted octanol–water partition coefficient (Wildman–Crippen LogP) is 4.76. The van der Waals surface area contributed by atoms with E-state index in [0.29, 0.717) is 0 Å². The maximum absolute atomic E-state index is 13.2. The molecule has 1 N–H and O–H groups in total. The fraction of sp³-hybridized carbons (Fsp3) is 0.333. The van der Waals surface area contributed by atoms with E-state index in [9.17, 15) is 35.9 Å². The number of carbonyl (C=O) groups is 2. The Morgan fingerprint density at radius 2 is 1.23 bits per heavy atom. The highest BCUT2D eigenvalue weighted by molar-refractivity contribution is 5.97. The average Bonchev–Trinajstić information content (AvgIpc) is 2.72. The van der Waals surface area contributed by atoms with Crippen LogP contribution >= 0.6 is 0 Å². The van der Waals surface area contributed by atoms with Gasteiger partial charge in [0.2, 0.25) is 0 Å². The van der Waals surface area contributed by atoms with Crippen LogP contribution < -0.4 is 5.32 Å². The molecule has 2 aromatic rings. The summed E-state index contributed by atoms with van der Waals surface area (Å²) in [5.41, 5.74) is -3.05. The van der Waals surface area contributed by atoms with Crippen molar-refractivity contribution in [2.45, 2.75) is 31.2 Å². The molecular formula is C21H18F6N2O2. The lowest BCUT2D eigenvalue weighted by Crippen LogP contribution is -2.47. The van der Waals surface area contributed by atoms with Crippen molar-refractivity contribution in [1.29, 1.82) is 0 Å². The number of alkyl halides is 6. The number of nitrogens with zero attached hydrogens (tertiary/aromatic N) is 1. The zero-order valence-electron chi connectivity index (χ0n) is 16.1. The van der Waals surface area contributed by atoms with Gasteiger partial charge in [-0.15, -0.1) is 0 Å². The van der Waals surface area contributed by atoms with Crippen LogP contribution in [-0.4, -0.2) is 35.8 Å². The number of nitrogens with one attached hydrogen (secondary N) is 1. The Morgan fingerprint density at radius 3 is 1.74 bits per heavy atom. The van der Waals surface area contributed by atoms with Crippen LogP contribution in [0.2, 0.25) is 0 Å². The number of hydrogen-bond acceptors (Lipinski definition) is 2. The predicted molar refractivity (Wildman–Crippen MR) is 99.3 cm³/mol. The van der Waals surface area contributed by atoms with Crippen LogP contribution in [-0.2, 0) is 12.4 Å². The Labute approximate surface area is 173 Å². The Morgan fingerprint density at radius 1 is 0.774 bits per heavy atom. The first-order valence-corrected chi connectivity index (χ1v) is 9.41. The Balaban J connectivity index is 1.65. The van der Waals surface area contributed by atoms with Crippen molar-refractivity contribution in [3.8, 4) is 0 Å². The van der Waals surface area contributed by atoms with Gasteiger partial charge in [0.1, 0.15) is 0 Å². The highest BCUT2D eigenvalue weighted by Crippen LogP contribution is 2.33. The molecule has 1 saturated heterocycles. The van der Waals surface area contributed by atoms with Crippen molar-refractivity contribution in [3.63, 3.8) is 0 Å². The SMILES string of the molecule is O=C(NC1CCN(C(=O)c2ccccc2C(F)(F)F)CC1)c1ccccc1C(F)(F)F. The van der Waals surface area contributed by atoms with Gasteiger partial charge in [-0.05, 0) is 37.1 Å². The van der Waals surface area contributed by atoms with Gasteiger partial charge in [0.25, 0.3) is 11.8 Å². The third kappa shape index (κ3) is 5.18. The van der Waals surface area contributed by atoms with Crippen molar-refractivity contribution in [2.24, 2.45) is 0 Å². The molecular weight excluding hydrogens is 426 g/mol. The van der Waals surface area contributed by atoms with Crippen molar-refractivity contribution in [2.75, 3.05) is 13.1 Å². The van der Waals surface area contributed by atoms with Crippen LogP contribution in [0, 0.1) is 0 Å². The van der Waals surface area contributed by atoms with E-state index in [1.807, 2.05) is 0 Å². The second-order valence-corrected chi connectivity index (χ2v) is 7.13. The number of carbonyl (C=O) groups excluding carboxylic acids is 2. The first kappa shape index (κ1) is 22.6. The van der Waals surface area contributed by atoms with Crippen molar-refractivity contribution < 1.29 is 35.9 Å². The molecule has 10 heteroatoms. The molecule has 0 unspecified atom stereocenters. The summed E-state index contributed by atoms with van der Waals surface area (Å²) >= 11 is 0. The molecule has 1 aliphatic heterocycles. The largest absolute Gasteiger partial charge is 0.417 e. The molecule has 166 valence electrons. The number of halogens is 6. The highest BCUT2D eigenvalue weighted by atomic mass is 19.4. The minimum Gasteiger partial charge on any atom is -0.349 e. The first-order chi connectivity index (χ1) is 14.5. The van der Waals surface area contributed by atoms with E-state index in [2.05, 4.69) is 5.32 Å². The average molecular weight is 444 g/mol. The maximum atomic E-state index is 13.2. The molecule has 0 aliphatic carbocycles. The van der Waals surface area contributed by atoms with Gasteiger partial charge in [-0.1, -0.05) is 24.3 Å². The van der Waals surface area contributed by atoms with Gasteiger partial charge in [0, 0.05) is 19.1 Å². The number of benzene rings is 2. The molecule has 1 fully saturated rings. The third-order valence-corrected chi connectivity index (χ3v) is 5.06. The summed E-state index contributed by atoms with van der Waals surface area (Å²) in [6, 6.07) is 8.36. The molecule has 0 radical (unpaired) electrons. The molecule has 1 heterocycles. The lowest BCUT2D eigenvalue weighted by atomic mass is 10.0. The molecule has 31 heavy (non-hydrogen) atoms. The van der Waals surface area contributed by atoms with Crippen LogP contribution in [0.5, 0.6) is 0 Å². The van der Waals surface area contributed by atoms with Crippen LogP contribution in [0.25, 0.3) is 0 Å².